The van der Waals surface area contributed by atoms with Gasteiger partial charge in [0.15, 0.2) is 0 Å². The molecule has 2 rings (SSSR count). The van der Waals surface area contributed by atoms with Crippen molar-refractivity contribution in [3.63, 3.8) is 0 Å². The van der Waals surface area contributed by atoms with Crippen LogP contribution in [0.2, 0.25) is 0 Å². The lowest BCUT2D eigenvalue weighted by Gasteiger charge is -2.38. The lowest BCUT2D eigenvalue weighted by atomic mass is 9.70. The Morgan fingerprint density at radius 2 is 1.80 bits per heavy atom. The molecular weight excluding hydrogens is 184 g/mol. The van der Waals surface area contributed by atoms with Crippen LogP contribution in [0, 0.1) is 19.3 Å². The zero-order valence-electron chi connectivity index (χ0n) is 10.1. The van der Waals surface area contributed by atoms with Gasteiger partial charge in [-0.3, -0.25) is 0 Å². The van der Waals surface area contributed by atoms with Crippen LogP contribution >= 0.6 is 0 Å². The molecule has 1 N–H and O–H groups in total. The number of rotatable bonds is 0. The van der Waals surface area contributed by atoms with Crippen molar-refractivity contribution in [2.24, 2.45) is 5.41 Å². The third-order valence-electron chi connectivity index (χ3n) is 3.84. The number of benzene rings is 1. The molecule has 1 aromatic carbocycles. The second-order valence-electron chi connectivity index (χ2n) is 5.48. The van der Waals surface area contributed by atoms with Gasteiger partial charge in [0.2, 0.25) is 0 Å². The summed E-state index contributed by atoms with van der Waals surface area (Å²) in [6.45, 7) is 8.55. The van der Waals surface area contributed by atoms with Crippen LogP contribution in [-0.2, 0) is 6.42 Å². The van der Waals surface area contributed by atoms with Crippen LogP contribution in [0.25, 0.3) is 0 Å². The zero-order valence-corrected chi connectivity index (χ0v) is 10.1. The monoisotopic (exact) mass is 204 g/mol. The van der Waals surface area contributed by atoms with Gasteiger partial charge >= 0.3 is 0 Å². The largest absolute Gasteiger partial charge is 0.388 e. The summed E-state index contributed by atoms with van der Waals surface area (Å²) in [4.78, 5) is 0. The van der Waals surface area contributed by atoms with E-state index in [1.165, 1.54) is 22.3 Å². The zero-order chi connectivity index (χ0) is 11.2. The fourth-order valence-electron chi connectivity index (χ4n) is 2.58. The smallest absolute Gasteiger partial charge is 0.0846 e. The van der Waals surface area contributed by atoms with Gasteiger partial charge in [0, 0.05) is 0 Å². The van der Waals surface area contributed by atoms with Crippen molar-refractivity contribution < 1.29 is 5.11 Å². The Balaban J connectivity index is 2.60. The first-order chi connectivity index (χ1) is 6.93. The highest BCUT2D eigenvalue weighted by Gasteiger charge is 2.35. The van der Waals surface area contributed by atoms with Gasteiger partial charge in [-0.05, 0) is 54.4 Å². The molecular formula is C14H20O. The van der Waals surface area contributed by atoms with Gasteiger partial charge < -0.3 is 5.11 Å². The maximum absolute atomic E-state index is 10.4. The molecule has 0 amide bonds. The maximum atomic E-state index is 10.4. The first-order valence-corrected chi connectivity index (χ1v) is 5.70. The molecule has 0 saturated heterocycles. The summed E-state index contributed by atoms with van der Waals surface area (Å²) in [5.41, 5.74) is 5.14. The van der Waals surface area contributed by atoms with E-state index in [0.29, 0.717) is 0 Å². The summed E-state index contributed by atoms with van der Waals surface area (Å²) in [5, 5.41) is 10.4. The minimum Gasteiger partial charge on any atom is -0.388 e. The normalized spacial score (nSPS) is 23.7. The van der Waals surface area contributed by atoms with E-state index >= 15 is 0 Å². The Kier molecular flexibility index (Phi) is 2.38. The summed E-state index contributed by atoms with van der Waals surface area (Å²) in [7, 11) is 0. The molecule has 82 valence electrons. The predicted molar refractivity (Wildman–Crippen MR) is 63.0 cm³/mol. The third kappa shape index (κ3) is 1.59. The molecule has 0 spiro atoms. The SMILES string of the molecule is Cc1ccc(C)c2c1CCC(C)(C)C2O. The minimum absolute atomic E-state index is 0.0194. The van der Waals surface area contributed by atoms with E-state index in [9.17, 15) is 5.11 Å². The van der Waals surface area contributed by atoms with Gasteiger partial charge in [0.05, 0.1) is 6.10 Å². The summed E-state index contributed by atoms with van der Waals surface area (Å²) in [6.07, 6.45) is 1.87. The summed E-state index contributed by atoms with van der Waals surface area (Å²) < 4.78 is 0. The van der Waals surface area contributed by atoms with Crippen LogP contribution in [0.1, 0.15) is 48.6 Å². The third-order valence-corrected chi connectivity index (χ3v) is 3.84. The van der Waals surface area contributed by atoms with Crippen LogP contribution in [0.4, 0.5) is 0 Å². The van der Waals surface area contributed by atoms with Crippen molar-refractivity contribution in [3.05, 3.63) is 34.4 Å². The van der Waals surface area contributed by atoms with Gasteiger partial charge in [0.1, 0.15) is 0 Å². The van der Waals surface area contributed by atoms with Crippen LogP contribution in [0.15, 0.2) is 12.1 Å². The molecule has 0 aromatic heterocycles. The topological polar surface area (TPSA) is 20.2 Å². The van der Waals surface area contributed by atoms with Crippen LogP contribution < -0.4 is 0 Å². The van der Waals surface area contributed by atoms with E-state index in [-0.39, 0.29) is 11.5 Å². The van der Waals surface area contributed by atoms with Crippen molar-refractivity contribution in [3.8, 4) is 0 Å². The number of aryl methyl sites for hydroxylation is 2. The molecule has 0 heterocycles. The highest BCUT2D eigenvalue weighted by molar-refractivity contribution is 5.43. The van der Waals surface area contributed by atoms with Crippen molar-refractivity contribution >= 4 is 0 Å². The number of hydrogen-bond acceptors (Lipinski definition) is 1. The first kappa shape index (κ1) is 10.7. The Hall–Kier alpha value is -0.820. The second kappa shape index (κ2) is 3.34. The maximum Gasteiger partial charge on any atom is 0.0846 e. The highest BCUT2D eigenvalue weighted by atomic mass is 16.3. The van der Waals surface area contributed by atoms with E-state index in [1.54, 1.807) is 0 Å². The fraction of sp³-hybridized carbons (Fsp3) is 0.571. The standard InChI is InChI=1S/C14H20O/c1-9-5-6-10(2)12-11(9)7-8-14(3,4)13(12)15/h5-6,13,15H,7-8H2,1-4H3. The highest BCUT2D eigenvalue weighted by Crippen LogP contribution is 2.45. The minimum atomic E-state index is -0.304. The second-order valence-corrected chi connectivity index (χ2v) is 5.48. The Labute approximate surface area is 92.1 Å². The van der Waals surface area contributed by atoms with Crippen LogP contribution in [0.3, 0.4) is 0 Å². The fourth-order valence-corrected chi connectivity index (χ4v) is 2.58. The molecule has 1 unspecified atom stereocenters. The molecule has 0 aliphatic heterocycles. The number of fused-ring (bicyclic) bond motifs is 1. The molecule has 1 aliphatic carbocycles. The molecule has 0 fully saturated rings. The van der Waals surface area contributed by atoms with Gasteiger partial charge in [0.25, 0.3) is 0 Å². The van der Waals surface area contributed by atoms with Gasteiger partial charge in [-0.25, -0.2) is 0 Å². The van der Waals surface area contributed by atoms with Crippen molar-refractivity contribution in [1.82, 2.24) is 0 Å². The molecule has 0 radical (unpaired) electrons. The lowest BCUT2D eigenvalue weighted by Crippen LogP contribution is -2.29. The van der Waals surface area contributed by atoms with Crippen LogP contribution in [0.5, 0.6) is 0 Å². The van der Waals surface area contributed by atoms with E-state index in [1.807, 2.05) is 0 Å². The van der Waals surface area contributed by atoms with Crippen LogP contribution in [-0.4, -0.2) is 5.11 Å². The first-order valence-electron chi connectivity index (χ1n) is 5.70. The molecule has 1 nitrogen and oxygen atoms in total. The number of aliphatic hydroxyl groups excluding tert-OH is 1. The predicted octanol–water partition coefficient (Wildman–Crippen LogP) is 3.31. The summed E-state index contributed by atoms with van der Waals surface area (Å²) in [6, 6.07) is 4.29. The Morgan fingerprint density at radius 1 is 1.20 bits per heavy atom. The van der Waals surface area contributed by atoms with Gasteiger partial charge in [-0.2, -0.15) is 0 Å². The summed E-state index contributed by atoms with van der Waals surface area (Å²) in [5.74, 6) is 0. The van der Waals surface area contributed by atoms with Crippen molar-refractivity contribution in [2.75, 3.05) is 0 Å². The van der Waals surface area contributed by atoms with Gasteiger partial charge in [-0.15, -0.1) is 0 Å². The van der Waals surface area contributed by atoms with Crippen molar-refractivity contribution in [1.29, 1.82) is 0 Å². The van der Waals surface area contributed by atoms with E-state index in [0.717, 1.165) is 12.8 Å². The lowest BCUT2D eigenvalue weighted by molar-refractivity contribution is 0.0333. The van der Waals surface area contributed by atoms with Crippen molar-refractivity contribution in [2.45, 2.75) is 46.6 Å². The number of aliphatic hydroxyl groups is 1. The Bertz CT molecular complexity index is 391. The van der Waals surface area contributed by atoms with E-state index in [2.05, 4.69) is 39.8 Å². The van der Waals surface area contributed by atoms with E-state index < -0.39 is 0 Å². The van der Waals surface area contributed by atoms with Gasteiger partial charge in [-0.1, -0.05) is 26.0 Å². The molecule has 1 atom stereocenters. The van der Waals surface area contributed by atoms with E-state index in [4.69, 9.17) is 0 Å². The molecule has 15 heavy (non-hydrogen) atoms. The quantitative estimate of drug-likeness (QED) is 0.687. The average molecular weight is 204 g/mol. The number of hydrogen-bond donors (Lipinski definition) is 1. The molecule has 0 saturated carbocycles. The molecule has 1 aliphatic rings. The Morgan fingerprint density at radius 3 is 2.47 bits per heavy atom. The molecule has 1 aromatic rings. The molecule has 1 heteroatoms. The average Bonchev–Trinajstić information content (AvgIpc) is 2.16. The molecule has 0 bridgehead atoms. The summed E-state index contributed by atoms with van der Waals surface area (Å²) >= 11 is 0.